The molecule has 0 spiro atoms. The standard InChI is InChI=1S/C13H20N2O3S/c1-3-15(11-8-9-14-10-11)19(16,17)13-7-5-4-6-12(13)18-2/h4-7,11,14H,3,8-10H2,1-2H3. The third-order valence-electron chi connectivity index (χ3n) is 3.41. The molecule has 1 heterocycles. The second kappa shape index (κ2) is 5.90. The van der Waals surface area contributed by atoms with E-state index in [-0.39, 0.29) is 10.9 Å². The zero-order valence-corrected chi connectivity index (χ0v) is 12.1. The van der Waals surface area contributed by atoms with E-state index in [9.17, 15) is 8.42 Å². The highest BCUT2D eigenvalue weighted by atomic mass is 32.2. The molecule has 1 saturated heterocycles. The number of hydrogen-bond acceptors (Lipinski definition) is 4. The zero-order valence-electron chi connectivity index (χ0n) is 11.3. The van der Waals surface area contributed by atoms with Crippen LogP contribution in [-0.4, -0.2) is 45.5 Å². The van der Waals surface area contributed by atoms with Gasteiger partial charge in [-0.25, -0.2) is 8.42 Å². The molecule has 0 amide bonds. The van der Waals surface area contributed by atoms with Gasteiger partial charge in [0.25, 0.3) is 0 Å². The molecule has 0 radical (unpaired) electrons. The molecule has 5 nitrogen and oxygen atoms in total. The number of nitrogens with zero attached hydrogens (tertiary/aromatic N) is 1. The Labute approximate surface area is 114 Å². The van der Waals surface area contributed by atoms with Gasteiger partial charge in [-0.1, -0.05) is 19.1 Å². The Kier molecular flexibility index (Phi) is 4.44. The Bertz CT molecular complexity index is 524. The van der Waals surface area contributed by atoms with Crippen LogP contribution in [0.2, 0.25) is 0 Å². The predicted octanol–water partition coefficient (Wildman–Crippen LogP) is 1.07. The number of rotatable bonds is 5. The Morgan fingerprint density at radius 3 is 2.74 bits per heavy atom. The molecule has 1 atom stereocenters. The van der Waals surface area contributed by atoms with Crippen LogP contribution < -0.4 is 10.1 Å². The second-order valence-corrected chi connectivity index (χ2v) is 6.36. The van der Waals surface area contributed by atoms with Gasteiger partial charge in [0.15, 0.2) is 0 Å². The van der Waals surface area contributed by atoms with E-state index in [0.717, 1.165) is 13.0 Å². The molecule has 19 heavy (non-hydrogen) atoms. The van der Waals surface area contributed by atoms with Crippen molar-refractivity contribution < 1.29 is 13.2 Å². The Morgan fingerprint density at radius 1 is 1.42 bits per heavy atom. The fourth-order valence-corrected chi connectivity index (χ4v) is 4.29. The first-order valence-corrected chi connectivity index (χ1v) is 7.90. The average Bonchev–Trinajstić information content (AvgIpc) is 2.93. The molecule has 0 bridgehead atoms. The van der Waals surface area contributed by atoms with Crippen molar-refractivity contribution >= 4 is 10.0 Å². The van der Waals surface area contributed by atoms with Gasteiger partial charge < -0.3 is 10.1 Å². The van der Waals surface area contributed by atoms with Gasteiger partial charge in [0.05, 0.1) is 7.11 Å². The van der Waals surface area contributed by atoms with Gasteiger partial charge in [-0.15, -0.1) is 0 Å². The van der Waals surface area contributed by atoms with Crippen LogP contribution in [0.25, 0.3) is 0 Å². The summed E-state index contributed by atoms with van der Waals surface area (Å²) in [6.07, 6.45) is 0.849. The minimum atomic E-state index is -3.51. The zero-order chi connectivity index (χ0) is 13.9. The number of nitrogens with one attached hydrogen (secondary N) is 1. The molecule has 1 N–H and O–H groups in total. The Morgan fingerprint density at radius 2 is 2.16 bits per heavy atom. The van der Waals surface area contributed by atoms with Crippen LogP contribution in [0.1, 0.15) is 13.3 Å². The summed E-state index contributed by atoms with van der Waals surface area (Å²) in [4.78, 5) is 0.242. The van der Waals surface area contributed by atoms with Gasteiger partial charge in [0.1, 0.15) is 10.6 Å². The molecule has 1 fully saturated rings. The highest BCUT2D eigenvalue weighted by Gasteiger charge is 2.33. The smallest absolute Gasteiger partial charge is 0.247 e. The number of hydrogen-bond donors (Lipinski definition) is 1. The van der Waals surface area contributed by atoms with Crippen molar-refractivity contribution in [2.75, 3.05) is 26.7 Å². The van der Waals surface area contributed by atoms with E-state index in [4.69, 9.17) is 4.74 Å². The lowest BCUT2D eigenvalue weighted by atomic mass is 10.3. The van der Waals surface area contributed by atoms with Crippen molar-refractivity contribution in [1.82, 2.24) is 9.62 Å². The van der Waals surface area contributed by atoms with E-state index in [1.165, 1.54) is 7.11 Å². The van der Waals surface area contributed by atoms with Crippen molar-refractivity contribution in [2.24, 2.45) is 0 Å². The Hall–Kier alpha value is -1.11. The minimum Gasteiger partial charge on any atom is -0.495 e. The topological polar surface area (TPSA) is 58.6 Å². The van der Waals surface area contributed by atoms with E-state index in [0.29, 0.717) is 18.8 Å². The Balaban J connectivity index is 2.39. The summed E-state index contributed by atoms with van der Waals surface area (Å²) in [5.74, 6) is 0.395. The monoisotopic (exact) mass is 284 g/mol. The maximum Gasteiger partial charge on any atom is 0.247 e. The van der Waals surface area contributed by atoms with Crippen molar-refractivity contribution in [2.45, 2.75) is 24.3 Å². The normalized spacial score (nSPS) is 19.8. The maximum atomic E-state index is 12.7. The number of methoxy groups -OCH3 is 1. The molecule has 106 valence electrons. The third-order valence-corrected chi connectivity index (χ3v) is 5.48. The lowest BCUT2D eigenvalue weighted by Crippen LogP contribution is -2.41. The van der Waals surface area contributed by atoms with Crippen LogP contribution >= 0.6 is 0 Å². The molecule has 1 aliphatic heterocycles. The average molecular weight is 284 g/mol. The first-order valence-electron chi connectivity index (χ1n) is 6.46. The SMILES string of the molecule is CCN(C1CCNC1)S(=O)(=O)c1ccccc1OC. The molecule has 1 aliphatic rings. The molecule has 1 aromatic rings. The quantitative estimate of drug-likeness (QED) is 0.878. The first-order chi connectivity index (χ1) is 9.11. The van der Waals surface area contributed by atoms with Gasteiger partial charge in [-0.2, -0.15) is 4.31 Å². The number of likely N-dealkylation sites (N-methyl/N-ethyl adjacent to an activating group) is 1. The largest absolute Gasteiger partial charge is 0.495 e. The first kappa shape index (κ1) is 14.3. The second-order valence-electron chi connectivity index (χ2n) is 4.51. The van der Waals surface area contributed by atoms with Crippen molar-refractivity contribution in [3.63, 3.8) is 0 Å². The summed E-state index contributed by atoms with van der Waals surface area (Å²) in [6, 6.07) is 6.79. The molecule has 1 unspecified atom stereocenters. The number of sulfonamides is 1. The lowest BCUT2D eigenvalue weighted by Gasteiger charge is -2.26. The minimum absolute atomic E-state index is 0.0277. The van der Waals surface area contributed by atoms with Crippen LogP contribution in [0.4, 0.5) is 0 Å². The fraction of sp³-hybridized carbons (Fsp3) is 0.538. The highest BCUT2D eigenvalue weighted by molar-refractivity contribution is 7.89. The summed E-state index contributed by atoms with van der Waals surface area (Å²) in [7, 11) is -2.02. The number of ether oxygens (including phenoxy) is 1. The molecule has 0 saturated carbocycles. The van der Waals surface area contributed by atoms with E-state index in [1.54, 1.807) is 28.6 Å². The molecular formula is C13H20N2O3S. The predicted molar refractivity (Wildman–Crippen MR) is 73.8 cm³/mol. The summed E-state index contributed by atoms with van der Waals surface area (Å²) < 4.78 is 32.2. The van der Waals surface area contributed by atoms with Crippen LogP contribution in [0.15, 0.2) is 29.2 Å². The molecule has 2 rings (SSSR count). The number of para-hydroxylation sites is 1. The van der Waals surface area contributed by atoms with E-state index < -0.39 is 10.0 Å². The van der Waals surface area contributed by atoms with Crippen LogP contribution in [0, 0.1) is 0 Å². The van der Waals surface area contributed by atoms with E-state index >= 15 is 0 Å². The summed E-state index contributed by atoms with van der Waals surface area (Å²) in [5.41, 5.74) is 0. The summed E-state index contributed by atoms with van der Waals surface area (Å²) in [6.45, 7) is 3.91. The van der Waals surface area contributed by atoms with Gasteiger partial charge in [0.2, 0.25) is 10.0 Å². The van der Waals surface area contributed by atoms with E-state index in [2.05, 4.69) is 5.32 Å². The van der Waals surface area contributed by atoms with Crippen molar-refractivity contribution in [1.29, 1.82) is 0 Å². The third kappa shape index (κ3) is 2.75. The highest BCUT2D eigenvalue weighted by Crippen LogP contribution is 2.28. The van der Waals surface area contributed by atoms with E-state index in [1.807, 2.05) is 6.92 Å². The summed E-state index contributed by atoms with van der Waals surface area (Å²) >= 11 is 0. The number of benzene rings is 1. The molecule has 1 aromatic carbocycles. The van der Waals surface area contributed by atoms with Crippen molar-refractivity contribution in [3.05, 3.63) is 24.3 Å². The fourth-order valence-electron chi connectivity index (χ4n) is 2.47. The van der Waals surface area contributed by atoms with Gasteiger partial charge in [-0.05, 0) is 25.1 Å². The summed E-state index contributed by atoms with van der Waals surface area (Å²) in [5, 5.41) is 3.20. The van der Waals surface area contributed by atoms with Gasteiger partial charge >= 0.3 is 0 Å². The maximum absolute atomic E-state index is 12.7. The molecule has 6 heteroatoms. The van der Waals surface area contributed by atoms with Crippen LogP contribution in [0.5, 0.6) is 5.75 Å². The van der Waals surface area contributed by atoms with Gasteiger partial charge in [0, 0.05) is 19.1 Å². The molecule has 0 aromatic heterocycles. The van der Waals surface area contributed by atoms with Gasteiger partial charge in [-0.3, -0.25) is 0 Å². The molecular weight excluding hydrogens is 264 g/mol. The lowest BCUT2D eigenvalue weighted by molar-refractivity contribution is 0.344. The van der Waals surface area contributed by atoms with Crippen LogP contribution in [0.3, 0.4) is 0 Å². The molecule has 0 aliphatic carbocycles. The van der Waals surface area contributed by atoms with Crippen LogP contribution in [-0.2, 0) is 10.0 Å². The van der Waals surface area contributed by atoms with Crippen molar-refractivity contribution in [3.8, 4) is 5.75 Å².